The molecule has 146 valence electrons. The second kappa shape index (κ2) is 10.3. The Labute approximate surface area is 166 Å². The van der Waals surface area contributed by atoms with Crippen molar-refractivity contribution in [2.75, 3.05) is 26.2 Å². The molecule has 0 spiro atoms. The molecule has 0 aromatic heterocycles. The fourth-order valence-corrected chi connectivity index (χ4v) is 3.33. The molecular formula is C21H26ClFN2O2. The molecule has 1 atom stereocenters. The standard InChI is InChI=1S/C21H25FN2O2.ClH/c1-2-26-19-9-6-16(7-10-19)8-11-21(25)24-13-12-23-15-20(24)17-4-3-5-18(22)14-17;/h3-7,9-10,14,20,23H,2,8,11-13,15H2,1H3;1H. The zero-order valence-electron chi connectivity index (χ0n) is 15.5. The maximum atomic E-state index is 13.6. The number of halogens is 2. The molecular weight excluding hydrogens is 367 g/mol. The van der Waals surface area contributed by atoms with Crippen molar-refractivity contribution in [3.63, 3.8) is 0 Å². The van der Waals surface area contributed by atoms with Gasteiger partial charge in [-0.25, -0.2) is 4.39 Å². The Hall–Kier alpha value is -2.11. The molecule has 1 N–H and O–H groups in total. The Kier molecular flexibility index (Phi) is 8.07. The molecule has 1 aliphatic heterocycles. The minimum Gasteiger partial charge on any atom is -0.494 e. The summed E-state index contributed by atoms with van der Waals surface area (Å²) < 4.78 is 19.0. The number of amides is 1. The lowest BCUT2D eigenvalue weighted by Gasteiger charge is -2.36. The maximum Gasteiger partial charge on any atom is 0.223 e. The largest absolute Gasteiger partial charge is 0.494 e. The number of ether oxygens (including phenoxy) is 1. The zero-order chi connectivity index (χ0) is 18.4. The average molecular weight is 393 g/mol. The van der Waals surface area contributed by atoms with E-state index in [2.05, 4.69) is 5.32 Å². The summed E-state index contributed by atoms with van der Waals surface area (Å²) in [4.78, 5) is 14.7. The quantitative estimate of drug-likeness (QED) is 0.814. The van der Waals surface area contributed by atoms with Gasteiger partial charge in [-0.1, -0.05) is 24.3 Å². The molecule has 1 fully saturated rings. The summed E-state index contributed by atoms with van der Waals surface area (Å²) in [5.41, 5.74) is 1.95. The Morgan fingerprint density at radius 2 is 2.04 bits per heavy atom. The second-order valence-corrected chi connectivity index (χ2v) is 6.44. The van der Waals surface area contributed by atoms with Gasteiger partial charge in [-0.2, -0.15) is 0 Å². The van der Waals surface area contributed by atoms with Gasteiger partial charge in [0.15, 0.2) is 0 Å². The fourth-order valence-electron chi connectivity index (χ4n) is 3.33. The lowest BCUT2D eigenvalue weighted by Crippen LogP contribution is -2.48. The molecule has 0 saturated carbocycles. The normalized spacial score (nSPS) is 16.5. The molecule has 1 unspecified atom stereocenters. The number of aryl methyl sites for hydroxylation is 1. The van der Waals surface area contributed by atoms with E-state index in [4.69, 9.17) is 4.74 Å². The van der Waals surface area contributed by atoms with Crippen LogP contribution in [0.15, 0.2) is 48.5 Å². The summed E-state index contributed by atoms with van der Waals surface area (Å²) in [7, 11) is 0. The molecule has 3 rings (SSSR count). The van der Waals surface area contributed by atoms with Crippen LogP contribution in [-0.2, 0) is 11.2 Å². The van der Waals surface area contributed by atoms with Crippen LogP contribution < -0.4 is 10.1 Å². The van der Waals surface area contributed by atoms with Crippen LogP contribution in [0.25, 0.3) is 0 Å². The van der Waals surface area contributed by atoms with Crippen molar-refractivity contribution >= 4 is 18.3 Å². The average Bonchev–Trinajstić information content (AvgIpc) is 2.67. The van der Waals surface area contributed by atoms with E-state index < -0.39 is 0 Å². The lowest BCUT2D eigenvalue weighted by atomic mass is 10.0. The van der Waals surface area contributed by atoms with Crippen molar-refractivity contribution in [3.8, 4) is 5.75 Å². The van der Waals surface area contributed by atoms with Crippen LogP contribution in [0.4, 0.5) is 4.39 Å². The number of nitrogens with one attached hydrogen (secondary N) is 1. The highest BCUT2D eigenvalue weighted by molar-refractivity contribution is 5.85. The van der Waals surface area contributed by atoms with Crippen LogP contribution in [0.1, 0.15) is 30.5 Å². The Morgan fingerprint density at radius 3 is 2.74 bits per heavy atom. The van der Waals surface area contributed by atoms with Crippen molar-refractivity contribution in [2.45, 2.75) is 25.8 Å². The Balaban J connectivity index is 0.00000261. The summed E-state index contributed by atoms with van der Waals surface area (Å²) in [5, 5.41) is 3.30. The van der Waals surface area contributed by atoms with E-state index in [0.29, 0.717) is 32.5 Å². The van der Waals surface area contributed by atoms with E-state index in [9.17, 15) is 9.18 Å². The predicted octanol–water partition coefficient (Wildman–Crippen LogP) is 3.75. The number of hydrogen-bond acceptors (Lipinski definition) is 3. The van der Waals surface area contributed by atoms with Gasteiger partial charge in [-0.05, 0) is 48.7 Å². The number of hydrogen-bond donors (Lipinski definition) is 1. The highest BCUT2D eigenvalue weighted by Crippen LogP contribution is 2.24. The molecule has 4 nitrogen and oxygen atoms in total. The fraction of sp³-hybridized carbons (Fsp3) is 0.381. The summed E-state index contributed by atoms with van der Waals surface area (Å²) in [6.45, 7) is 4.65. The van der Waals surface area contributed by atoms with Crippen LogP contribution >= 0.6 is 12.4 Å². The number of nitrogens with zero attached hydrogens (tertiary/aromatic N) is 1. The summed E-state index contributed by atoms with van der Waals surface area (Å²) in [6.07, 6.45) is 1.13. The van der Waals surface area contributed by atoms with E-state index in [1.165, 1.54) is 12.1 Å². The molecule has 6 heteroatoms. The molecule has 27 heavy (non-hydrogen) atoms. The summed E-state index contributed by atoms with van der Waals surface area (Å²) in [6, 6.07) is 14.3. The van der Waals surface area contributed by atoms with Gasteiger partial charge in [0.05, 0.1) is 12.6 Å². The van der Waals surface area contributed by atoms with E-state index in [0.717, 1.165) is 23.4 Å². The van der Waals surface area contributed by atoms with E-state index in [1.54, 1.807) is 6.07 Å². The van der Waals surface area contributed by atoms with Gasteiger partial charge in [0.25, 0.3) is 0 Å². The number of rotatable bonds is 6. The number of carbonyl (C=O) groups excluding carboxylic acids is 1. The Morgan fingerprint density at radius 1 is 1.26 bits per heavy atom. The minimum absolute atomic E-state index is 0. The Bertz CT molecular complexity index is 739. The number of carbonyl (C=O) groups is 1. The van der Waals surface area contributed by atoms with Gasteiger partial charge in [0.1, 0.15) is 11.6 Å². The molecule has 2 aromatic carbocycles. The molecule has 0 bridgehead atoms. The van der Waals surface area contributed by atoms with Gasteiger partial charge in [-0.15, -0.1) is 12.4 Å². The van der Waals surface area contributed by atoms with E-state index >= 15 is 0 Å². The third-order valence-corrected chi connectivity index (χ3v) is 4.66. The maximum absolute atomic E-state index is 13.6. The van der Waals surface area contributed by atoms with Crippen molar-refractivity contribution in [1.82, 2.24) is 10.2 Å². The third kappa shape index (κ3) is 5.68. The van der Waals surface area contributed by atoms with Crippen molar-refractivity contribution < 1.29 is 13.9 Å². The van der Waals surface area contributed by atoms with Crippen LogP contribution in [0.3, 0.4) is 0 Å². The van der Waals surface area contributed by atoms with Gasteiger partial charge >= 0.3 is 0 Å². The summed E-state index contributed by atoms with van der Waals surface area (Å²) in [5.74, 6) is 0.681. The first kappa shape index (κ1) is 21.2. The number of benzene rings is 2. The van der Waals surface area contributed by atoms with Crippen LogP contribution in [-0.4, -0.2) is 37.0 Å². The first-order valence-electron chi connectivity index (χ1n) is 9.14. The van der Waals surface area contributed by atoms with Gasteiger partial charge in [-0.3, -0.25) is 4.79 Å². The molecule has 1 heterocycles. The first-order chi connectivity index (χ1) is 12.7. The highest BCUT2D eigenvalue weighted by atomic mass is 35.5. The zero-order valence-corrected chi connectivity index (χ0v) is 16.3. The molecule has 0 aliphatic carbocycles. The molecule has 1 aliphatic rings. The SMILES string of the molecule is CCOc1ccc(CCC(=O)N2CCNCC2c2cccc(F)c2)cc1.Cl. The molecule has 2 aromatic rings. The van der Waals surface area contributed by atoms with E-state index in [-0.39, 0.29) is 30.2 Å². The topological polar surface area (TPSA) is 41.6 Å². The van der Waals surface area contributed by atoms with Crippen molar-refractivity contribution in [3.05, 3.63) is 65.5 Å². The van der Waals surface area contributed by atoms with Crippen molar-refractivity contribution in [2.24, 2.45) is 0 Å². The van der Waals surface area contributed by atoms with Gasteiger partial charge in [0.2, 0.25) is 5.91 Å². The van der Waals surface area contributed by atoms with Gasteiger partial charge < -0.3 is 15.0 Å². The van der Waals surface area contributed by atoms with E-state index in [1.807, 2.05) is 42.2 Å². The van der Waals surface area contributed by atoms with Crippen LogP contribution in [0.5, 0.6) is 5.75 Å². The molecule has 1 saturated heterocycles. The molecule has 1 amide bonds. The highest BCUT2D eigenvalue weighted by Gasteiger charge is 2.27. The molecule has 0 radical (unpaired) electrons. The second-order valence-electron chi connectivity index (χ2n) is 6.44. The summed E-state index contributed by atoms with van der Waals surface area (Å²) >= 11 is 0. The number of piperazine rings is 1. The van der Waals surface area contributed by atoms with Crippen LogP contribution in [0, 0.1) is 5.82 Å². The van der Waals surface area contributed by atoms with Crippen molar-refractivity contribution in [1.29, 1.82) is 0 Å². The van der Waals surface area contributed by atoms with Gasteiger partial charge in [0, 0.05) is 26.1 Å². The smallest absolute Gasteiger partial charge is 0.223 e. The predicted molar refractivity (Wildman–Crippen MR) is 107 cm³/mol. The monoisotopic (exact) mass is 392 g/mol. The van der Waals surface area contributed by atoms with Crippen LogP contribution in [0.2, 0.25) is 0 Å². The minimum atomic E-state index is -0.269. The third-order valence-electron chi connectivity index (χ3n) is 4.66. The first-order valence-corrected chi connectivity index (χ1v) is 9.14. The lowest BCUT2D eigenvalue weighted by molar-refractivity contribution is -0.134.